The Labute approximate surface area is 154 Å². The van der Waals surface area contributed by atoms with Gasteiger partial charge in [-0.15, -0.1) is 0 Å². The van der Waals surface area contributed by atoms with E-state index in [-0.39, 0.29) is 17.6 Å². The minimum atomic E-state index is -0.198. The summed E-state index contributed by atoms with van der Waals surface area (Å²) in [5.41, 5.74) is 8.75. The average Bonchev–Trinajstić information content (AvgIpc) is 2.67. The Hall–Kier alpha value is -2.24. The Bertz CT molecular complexity index is 724. The molecule has 4 nitrogen and oxygen atoms in total. The van der Waals surface area contributed by atoms with E-state index in [1.54, 1.807) is 12.1 Å². The van der Waals surface area contributed by atoms with Gasteiger partial charge in [0.15, 0.2) is 0 Å². The fourth-order valence-electron chi connectivity index (χ4n) is 3.37. The normalized spacial score (nSPS) is 15.8. The zero-order chi connectivity index (χ0) is 18.4. The molecule has 2 aromatic rings. The molecule has 1 heterocycles. The highest BCUT2D eigenvalue weighted by Gasteiger charge is 2.24. The molecule has 2 aromatic carbocycles. The van der Waals surface area contributed by atoms with Crippen LogP contribution < -0.4 is 11.1 Å². The maximum absolute atomic E-state index is 13.3. The van der Waals surface area contributed by atoms with Crippen LogP contribution in [0.2, 0.25) is 0 Å². The highest BCUT2D eigenvalue weighted by Crippen LogP contribution is 2.19. The number of piperidine rings is 1. The minimum absolute atomic E-state index is 0.0575. The van der Waals surface area contributed by atoms with Gasteiger partial charge in [-0.2, -0.15) is 0 Å². The summed E-state index contributed by atoms with van der Waals surface area (Å²) in [7, 11) is 0. The van der Waals surface area contributed by atoms with Crippen molar-refractivity contribution < 1.29 is 9.18 Å². The third-order valence-corrected chi connectivity index (χ3v) is 4.98. The fraction of sp³-hybridized carbons (Fsp3) is 0.381. The molecule has 1 aliphatic rings. The molecule has 26 heavy (non-hydrogen) atoms. The first-order chi connectivity index (χ1) is 12.6. The van der Waals surface area contributed by atoms with Crippen LogP contribution in [-0.4, -0.2) is 23.9 Å². The Balaban J connectivity index is 1.42. The van der Waals surface area contributed by atoms with E-state index in [1.807, 2.05) is 30.3 Å². The van der Waals surface area contributed by atoms with E-state index in [1.165, 1.54) is 6.07 Å². The molecule has 138 valence electrons. The predicted octanol–water partition coefficient (Wildman–Crippen LogP) is 2.81. The number of amides is 1. The molecule has 0 unspecified atom stereocenters. The SMILES string of the molecule is NCc1ccc(CNC(=O)C2CCN(Cc3cccc(F)c3)CC2)cc1. The van der Waals surface area contributed by atoms with Crippen molar-refractivity contribution in [3.63, 3.8) is 0 Å². The second-order valence-electron chi connectivity index (χ2n) is 6.92. The van der Waals surface area contributed by atoms with Crippen molar-refractivity contribution in [3.8, 4) is 0 Å². The van der Waals surface area contributed by atoms with Gasteiger partial charge in [-0.3, -0.25) is 9.69 Å². The van der Waals surface area contributed by atoms with Crippen molar-refractivity contribution >= 4 is 5.91 Å². The predicted molar refractivity (Wildman–Crippen MR) is 101 cm³/mol. The van der Waals surface area contributed by atoms with Crippen LogP contribution in [0.15, 0.2) is 48.5 Å². The molecule has 1 saturated heterocycles. The molecule has 0 saturated carbocycles. The van der Waals surface area contributed by atoms with Crippen LogP contribution in [0, 0.1) is 11.7 Å². The number of hydrogen-bond acceptors (Lipinski definition) is 3. The maximum Gasteiger partial charge on any atom is 0.223 e. The number of carbonyl (C=O) groups excluding carboxylic acids is 1. The van der Waals surface area contributed by atoms with Crippen molar-refractivity contribution in [1.29, 1.82) is 0 Å². The summed E-state index contributed by atoms with van der Waals surface area (Å²) < 4.78 is 13.3. The summed E-state index contributed by atoms with van der Waals surface area (Å²) in [5, 5.41) is 3.04. The summed E-state index contributed by atoms with van der Waals surface area (Å²) in [6.45, 7) is 3.53. The summed E-state index contributed by atoms with van der Waals surface area (Å²) in [6, 6.07) is 14.7. The van der Waals surface area contributed by atoms with Crippen LogP contribution in [0.1, 0.15) is 29.5 Å². The Morgan fingerprint density at radius 1 is 1.08 bits per heavy atom. The summed E-state index contributed by atoms with van der Waals surface area (Å²) in [4.78, 5) is 14.7. The van der Waals surface area contributed by atoms with Gasteiger partial charge in [0.05, 0.1) is 0 Å². The summed E-state index contributed by atoms with van der Waals surface area (Å²) >= 11 is 0. The summed E-state index contributed by atoms with van der Waals surface area (Å²) in [6.07, 6.45) is 1.68. The van der Waals surface area contributed by atoms with Gasteiger partial charge < -0.3 is 11.1 Å². The molecule has 0 bridgehead atoms. The Morgan fingerprint density at radius 2 is 1.77 bits per heavy atom. The molecule has 0 atom stereocenters. The average molecular weight is 355 g/mol. The minimum Gasteiger partial charge on any atom is -0.352 e. The molecular formula is C21H26FN3O. The van der Waals surface area contributed by atoms with E-state index in [2.05, 4.69) is 10.2 Å². The molecular weight excluding hydrogens is 329 g/mol. The molecule has 1 fully saturated rings. The number of carbonyl (C=O) groups is 1. The van der Waals surface area contributed by atoms with Gasteiger partial charge in [-0.25, -0.2) is 4.39 Å². The number of rotatable bonds is 6. The van der Waals surface area contributed by atoms with E-state index < -0.39 is 0 Å². The first-order valence-corrected chi connectivity index (χ1v) is 9.16. The van der Waals surface area contributed by atoms with E-state index in [4.69, 9.17) is 5.73 Å². The third kappa shape index (κ3) is 5.13. The maximum atomic E-state index is 13.3. The van der Waals surface area contributed by atoms with Crippen LogP contribution in [0.3, 0.4) is 0 Å². The van der Waals surface area contributed by atoms with Gasteiger partial charge in [0, 0.05) is 25.6 Å². The fourth-order valence-corrected chi connectivity index (χ4v) is 3.37. The summed E-state index contributed by atoms with van der Waals surface area (Å²) in [5.74, 6) is -0.0170. The lowest BCUT2D eigenvalue weighted by atomic mass is 9.95. The van der Waals surface area contributed by atoms with Crippen molar-refractivity contribution in [2.24, 2.45) is 11.7 Å². The Morgan fingerprint density at radius 3 is 2.42 bits per heavy atom. The number of benzene rings is 2. The van der Waals surface area contributed by atoms with Crippen molar-refractivity contribution in [3.05, 3.63) is 71.0 Å². The van der Waals surface area contributed by atoms with Gasteiger partial charge in [0.2, 0.25) is 5.91 Å². The van der Waals surface area contributed by atoms with Crippen LogP contribution in [0.5, 0.6) is 0 Å². The van der Waals surface area contributed by atoms with E-state index in [9.17, 15) is 9.18 Å². The molecule has 0 radical (unpaired) electrons. The van der Waals surface area contributed by atoms with Gasteiger partial charge >= 0.3 is 0 Å². The van der Waals surface area contributed by atoms with Crippen molar-refractivity contribution in [2.75, 3.05) is 13.1 Å². The van der Waals surface area contributed by atoms with Gasteiger partial charge in [0.1, 0.15) is 5.82 Å². The Kier molecular flexibility index (Phi) is 6.36. The first-order valence-electron chi connectivity index (χ1n) is 9.16. The van der Waals surface area contributed by atoms with E-state index >= 15 is 0 Å². The number of hydrogen-bond donors (Lipinski definition) is 2. The van der Waals surface area contributed by atoms with Crippen LogP contribution in [0.25, 0.3) is 0 Å². The lowest BCUT2D eigenvalue weighted by Gasteiger charge is -2.31. The smallest absolute Gasteiger partial charge is 0.223 e. The molecule has 1 amide bonds. The quantitative estimate of drug-likeness (QED) is 0.838. The second-order valence-corrected chi connectivity index (χ2v) is 6.92. The second kappa shape index (κ2) is 8.92. The molecule has 0 aliphatic carbocycles. The topological polar surface area (TPSA) is 58.4 Å². The zero-order valence-electron chi connectivity index (χ0n) is 15.0. The van der Waals surface area contributed by atoms with Crippen LogP contribution in [0.4, 0.5) is 4.39 Å². The highest BCUT2D eigenvalue weighted by molar-refractivity contribution is 5.78. The first kappa shape index (κ1) is 18.5. The molecule has 1 aliphatic heterocycles. The standard InChI is InChI=1S/C21H26FN3O/c22-20-3-1-2-18(12-20)15-25-10-8-19(9-11-25)21(26)24-14-17-6-4-16(13-23)5-7-17/h1-7,12,19H,8-11,13-15,23H2,(H,24,26). The number of nitrogens with one attached hydrogen (secondary N) is 1. The van der Waals surface area contributed by atoms with Crippen LogP contribution >= 0.6 is 0 Å². The van der Waals surface area contributed by atoms with Gasteiger partial charge in [-0.1, -0.05) is 36.4 Å². The lowest BCUT2D eigenvalue weighted by molar-refractivity contribution is -0.126. The number of nitrogens with two attached hydrogens (primary N) is 1. The molecule has 3 N–H and O–H groups in total. The highest BCUT2D eigenvalue weighted by atomic mass is 19.1. The van der Waals surface area contributed by atoms with Gasteiger partial charge in [0.25, 0.3) is 0 Å². The zero-order valence-corrected chi connectivity index (χ0v) is 15.0. The largest absolute Gasteiger partial charge is 0.352 e. The molecule has 3 rings (SSSR count). The number of halogens is 1. The van der Waals surface area contributed by atoms with Crippen LogP contribution in [-0.2, 0) is 24.4 Å². The molecule has 5 heteroatoms. The molecule has 0 spiro atoms. The number of nitrogens with zero attached hydrogens (tertiary/aromatic N) is 1. The number of likely N-dealkylation sites (tertiary alicyclic amines) is 1. The monoisotopic (exact) mass is 355 g/mol. The van der Waals surface area contributed by atoms with E-state index in [0.717, 1.165) is 49.2 Å². The lowest BCUT2D eigenvalue weighted by Crippen LogP contribution is -2.40. The molecule has 0 aromatic heterocycles. The van der Waals surface area contributed by atoms with Gasteiger partial charge in [-0.05, 0) is 54.8 Å². The van der Waals surface area contributed by atoms with E-state index in [0.29, 0.717) is 13.1 Å². The van der Waals surface area contributed by atoms with Crippen molar-refractivity contribution in [2.45, 2.75) is 32.5 Å². The van der Waals surface area contributed by atoms with Crippen molar-refractivity contribution in [1.82, 2.24) is 10.2 Å². The third-order valence-electron chi connectivity index (χ3n) is 4.98.